The number of esters is 1. The SMILES string of the molecule is CC(=O)O.COC(=O)c1cncc(C(=O)N[C@@]2(c3ccccc3)CCNC[C@H]2O)c1. The standard InChI is InChI=1S/C19H21N3O4.C2H4O2/c1-26-18(25)14-9-13(10-21-11-14)17(24)22-19(7-8-20-12-16(19)23)15-5-3-2-4-6-15;1-2(3)4/h2-6,9-11,16,20,23H,7-8,12H2,1H3,(H,22,24);1H3,(H,3,4)/t16-,19-;/m1./s1. The van der Waals surface area contributed by atoms with E-state index in [1.165, 1.54) is 25.6 Å². The predicted molar refractivity (Wildman–Crippen MR) is 108 cm³/mol. The topological polar surface area (TPSA) is 138 Å². The van der Waals surface area contributed by atoms with Gasteiger partial charge in [0.05, 0.1) is 29.9 Å². The van der Waals surface area contributed by atoms with Crippen LogP contribution in [0.4, 0.5) is 0 Å². The molecule has 1 aliphatic rings. The van der Waals surface area contributed by atoms with Crippen LogP contribution in [0.5, 0.6) is 0 Å². The molecule has 160 valence electrons. The van der Waals surface area contributed by atoms with Gasteiger partial charge in [-0.05, 0) is 24.6 Å². The van der Waals surface area contributed by atoms with E-state index in [1.807, 2.05) is 30.3 Å². The summed E-state index contributed by atoms with van der Waals surface area (Å²) < 4.78 is 4.67. The number of carboxylic acids is 1. The fourth-order valence-corrected chi connectivity index (χ4v) is 3.22. The molecule has 30 heavy (non-hydrogen) atoms. The Hall–Kier alpha value is -3.30. The van der Waals surface area contributed by atoms with Gasteiger partial charge in [0.25, 0.3) is 11.9 Å². The van der Waals surface area contributed by atoms with Crippen LogP contribution in [0.3, 0.4) is 0 Å². The van der Waals surface area contributed by atoms with Gasteiger partial charge in [-0.25, -0.2) is 4.79 Å². The highest BCUT2D eigenvalue weighted by molar-refractivity contribution is 5.97. The lowest BCUT2D eigenvalue weighted by Gasteiger charge is -2.43. The number of carbonyl (C=O) groups is 3. The highest BCUT2D eigenvalue weighted by Gasteiger charge is 2.43. The first kappa shape index (κ1) is 23.0. The van der Waals surface area contributed by atoms with Crippen LogP contribution < -0.4 is 10.6 Å². The van der Waals surface area contributed by atoms with Crippen molar-refractivity contribution in [1.29, 1.82) is 0 Å². The minimum absolute atomic E-state index is 0.194. The molecule has 2 atom stereocenters. The van der Waals surface area contributed by atoms with E-state index >= 15 is 0 Å². The Morgan fingerprint density at radius 2 is 1.83 bits per heavy atom. The van der Waals surface area contributed by atoms with Gasteiger partial charge in [0.1, 0.15) is 0 Å². The zero-order valence-corrected chi connectivity index (χ0v) is 16.8. The van der Waals surface area contributed by atoms with Gasteiger partial charge in [-0.3, -0.25) is 14.6 Å². The predicted octanol–water partition coefficient (Wildman–Crippen LogP) is 0.939. The van der Waals surface area contributed by atoms with E-state index in [-0.39, 0.29) is 11.1 Å². The van der Waals surface area contributed by atoms with E-state index in [4.69, 9.17) is 9.90 Å². The van der Waals surface area contributed by atoms with Crippen molar-refractivity contribution in [3.8, 4) is 0 Å². The molecule has 9 nitrogen and oxygen atoms in total. The molecule has 9 heteroatoms. The summed E-state index contributed by atoms with van der Waals surface area (Å²) in [6, 6.07) is 10.8. The molecule has 0 bridgehead atoms. The van der Waals surface area contributed by atoms with Gasteiger partial charge >= 0.3 is 5.97 Å². The third-order valence-corrected chi connectivity index (χ3v) is 4.65. The van der Waals surface area contributed by atoms with Crippen LogP contribution in [0.15, 0.2) is 48.8 Å². The van der Waals surface area contributed by atoms with Crippen LogP contribution in [0.1, 0.15) is 39.6 Å². The normalized spacial score (nSPS) is 20.3. The molecule has 1 aliphatic heterocycles. The molecular formula is C21H25N3O6. The van der Waals surface area contributed by atoms with Gasteiger partial charge in [0, 0.05) is 25.9 Å². The molecule has 3 rings (SSSR count). The van der Waals surface area contributed by atoms with Crippen molar-refractivity contribution < 1.29 is 29.3 Å². The number of hydrogen-bond acceptors (Lipinski definition) is 7. The Morgan fingerprint density at radius 3 is 2.43 bits per heavy atom. The van der Waals surface area contributed by atoms with Crippen molar-refractivity contribution in [3.63, 3.8) is 0 Å². The Bertz CT molecular complexity index is 885. The molecule has 1 aromatic heterocycles. The summed E-state index contributed by atoms with van der Waals surface area (Å²) in [5.74, 6) is -1.81. The van der Waals surface area contributed by atoms with Crippen LogP contribution in [0.2, 0.25) is 0 Å². The number of carboxylic acid groups (broad SMARTS) is 1. The van der Waals surface area contributed by atoms with Crippen molar-refractivity contribution in [2.24, 2.45) is 0 Å². The number of aromatic nitrogens is 1. The number of aliphatic hydroxyl groups is 1. The van der Waals surface area contributed by atoms with Gasteiger partial charge in [-0.1, -0.05) is 30.3 Å². The van der Waals surface area contributed by atoms with E-state index in [2.05, 4.69) is 20.4 Å². The number of nitrogens with zero attached hydrogens (tertiary/aromatic N) is 1. The van der Waals surface area contributed by atoms with Gasteiger partial charge in [-0.15, -0.1) is 0 Å². The average molecular weight is 415 g/mol. The number of piperidine rings is 1. The Morgan fingerprint density at radius 1 is 1.20 bits per heavy atom. The Labute approximate surface area is 174 Å². The van der Waals surface area contributed by atoms with Gasteiger partial charge in [0.2, 0.25) is 0 Å². The maximum atomic E-state index is 12.9. The van der Waals surface area contributed by atoms with Crippen molar-refractivity contribution in [3.05, 3.63) is 65.5 Å². The third-order valence-electron chi connectivity index (χ3n) is 4.65. The second-order valence-electron chi connectivity index (χ2n) is 6.73. The number of rotatable bonds is 4. The summed E-state index contributed by atoms with van der Waals surface area (Å²) in [4.78, 5) is 37.5. The average Bonchev–Trinajstić information content (AvgIpc) is 2.75. The number of pyridine rings is 1. The van der Waals surface area contributed by atoms with Crippen molar-refractivity contribution in [1.82, 2.24) is 15.6 Å². The number of benzene rings is 1. The first-order valence-electron chi connectivity index (χ1n) is 9.30. The van der Waals surface area contributed by atoms with Crippen LogP contribution >= 0.6 is 0 Å². The minimum Gasteiger partial charge on any atom is -0.481 e. The summed E-state index contributed by atoms with van der Waals surface area (Å²) >= 11 is 0. The molecule has 1 aromatic carbocycles. The molecule has 0 aliphatic carbocycles. The van der Waals surface area contributed by atoms with Crippen LogP contribution in [0, 0.1) is 0 Å². The lowest BCUT2D eigenvalue weighted by Crippen LogP contribution is -2.61. The molecule has 1 amide bonds. The fourth-order valence-electron chi connectivity index (χ4n) is 3.22. The fraction of sp³-hybridized carbons (Fsp3) is 0.333. The molecule has 0 saturated carbocycles. The molecule has 2 heterocycles. The summed E-state index contributed by atoms with van der Waals surface area (Å²) in [6.07, 6.45) is 2.47. The first-order valence-corrected chi connectivity index (χ1v) is 9.30. The molecule has 2 aromatic rings. The summed E-state index contributed by atoms with van der Waals surface area (Å²) in [5, 5.41) is 24.2. The van der Waals surface area contributed by atoms with E-state index < -0.39 is 29.5 Å². The number of amides is 1. The van der Waals surface area contributed by atoms with E-state index in [0.29, 0.717) is 19.5 Å². The molecular weight excluding hydrogens is 390 g/mol. The van der Waals surface area contributed by atoms with Crippen molar-refractivity contribution >= 4 is 17.8 Å². The number of ether oxygens (including phenoxy) is 1. The van der Waals surface area contributed by atoms with Crippen LogP contribution in [0.25, 0.3) is 0 Å². The second-order valence-corrected chi connectivity index (χ2v) is 6.73. The van der Waals surface area contributed by atoms with Crippen molar-refractivity contribution in [2.75, 3.05) is 20.2 Å². The van der Waals surface area contributed by atoms with Crippen LogP contribution in [-0.2, 0) is 15.1 Å². The lowest BCUT2D eigenvalue weighted by atomic mass is 9.79. The summed E-state index contributed by atoms with van der Waals surface area (Å²) in [5.41, 5.74) is 0.346. The largest absolute Gasteiger partial charge is 0.481 e. The molecule has 4 N–H and O–H groups in total. The maximum Gasteiger partial charge on any atom is 0.339 e. The molecule has 0 spiro atoms. The summed E-state index contributed by atoms with van der Waals surface area (Å²) in [6.45, 7) is 2.11. The van der Waals surface area contributed by atoms with Gasteiger partial charge < -0.3 is 25.6 Å². The third kappa shape index (κ3) is 5.62. The zero-order valence-electron chi connectivity index (χ0n) is 16.8. The van der Waals surface area contributed by atoms with Crippen molar-refractivity contribution in [2.45, 2.75) is 25.0 Å². The van der Waals surface area contributed by atoms with E-state index in [0.717, 1.165) is 12.5 Å². The maximum absolute atomic E-state index is 12.9. The van der Waals surface area contributed by atoms with Gasteiger partial charge in [-0.2, -0.15) is 0 Å². The molecule has 1 saturated heterocycles. The highest BCUT2D eigenvalue weighted by atomic mass is 16.5. The number of β-amino-alcohol motifs (C(OH)–C–C–N with tert-alkyl or cyclic N) is 1. The van der Waals surface area contributed by atoms with E-state index in [1.54, 1.807) is 0 Å². The smallest absolute Gasteiger partial charge is 0.339 e. The Balaban J connectivity index is 0.000000735. The van der Waals surface area contributed by atoms with E-state index in [9.17, 15) is 14.7 Å². The van der Waals surface area contributed by atoms with Gasteiger partial charge in [0.15, 0.2) is 0 Å². The number of aliphatic carboxylic acids is 1. The monoisotopic (exact) mass is 415 g/mol. The number of hydrogen-bond donors (Lipinski definition) is 4. The quantitative estimate of drug-likeness (QED) is 0.541. The molecule has 0 radical (unpaired) electrons. The lowest BCUT2D eigenvalue weighted by molar-refractivity contribution is -0.134. The molecule has 1 fully saturated rings. The number of methoxy groups -OCH3 is 1. The number of nitrogens with one attached hydrogen (secondary N) is 2. The summed E-state index contributed by atoms with van der Waals surface area (Å²) in [7, 11) is 1.27. The number of aliphatic hydroxyl groups excluding tert-OH is 1. The first-order chi connectivity index (χ1) is 14.3. The highest BCUT2D eigenvalue weighted by Crippen LogP contribution is 2.31. The second kappa shape index (κ2) is 10.5. The number of carbonyl (C=O) groups excluding carboxylic acids is 2. The van der Waals surface area contributed by atoms with Crippen LogP contribution in [-0.4, -0.2) is 59.3 Å². The minimum atomic E-state index is -0.912. The Kier molecular flexibility index (Phi) is 8.02. The molecule has 0 unspecified atom stereocenters. The zero-order chi connectivity index (χ0) is 22.1.